The number of nitrogens with zero attached hydrogens (tertiary/aromatic N) is 1. The molecule has 1 aliphatic rings. The zero-order valence-electron chi connectivity index (χ0n) is 9.63. The van der Waals surface area contributed by atoms with Gasteiger partial charge in [-0.25, -0.2) is 0 Å². The standard InChI is InChI=1S/C13H19NS2/c1-2-8-13(10-14)9-4-3-5-11(13)6-7-12(15)16/h3-5,9,11-12,15-16H,2,6-8H2,1H3. The van der Waals surface area contributed by atoms with Crippen molar-refractivity contribution in [3.05, 3.63) is 24.3 Å². The first kappa shape index (κ1) is 13.7. The van der Waals surface area contributed by atoms with Gasteiger partial charge in [0.1, 0.15) is 0 Å². The van der Waals surface area contributed by atoms with Gasteiger partial charge in [-0.05, 0) is 25.2 Å². The second kappa shape index (κ2) is 6.42. The molecule has 1 aliphatic carbocycles. The summed E-state index contributed by atoms with van der Waals surface area (Å²) in [5, 5.41) is 9.43. The largest absolute Gasteiger partial charge is 0.197 e. The Labute approximate surface area is 109 Å². The Morgan fingerprint density at radius 1 is 1.44 bits per heavy atom. The van der Waals surface area contributed by atoms with E-state index in [4.69, 9.17) is 0 Å². The highest BCUT2D eigenvalue weighted by molar-refractivity contribution is 7.99. The number of hydrogen-bond acceptors (Lipinski definition) is 3. The topological polar surface area (TPSA) is 23.8 Å². The molecule has 16 heavy (non-hydrogen) atoms. The maximum Gasteiger partial charge on any atom is 0.0818 e. The third kappa shape index (κ3) is 3.33. The van der Waals surface area contributed by atoms with E-state index in [1.54, 1.807) is 0 Å². The second-order valence-corrected chi connectivity index (χ2v) is 5.96. The minimum absolute atomic E-state index is 0.109. The fourth-order valence-corrected chi connectivity index (χ4v) is 2.56. The zero-order valence-corrected chi connectivity index (χ0v) is 11.4. The van der Waals surface area contributed by atoms with Crippen LogP contribution in [-0.4, -0.2) is 4.58 Å². The number of rotatable bonds is 5. The van der Waals surface area contributed by atoms with Gasteiger partial charge >= 0.3 is 0 Å². The van der Waals surface area contributed by atoms with Crippen molar-refractivity contribution in [1.82, 2.24) is 0 Å². The molecule has 0 fully saturated rings. The summed E-state index contributed by atoms with van der Waals surface area (Å²) in [6.45, 7) is 2.13. The fraction of sp³-hybridized carbons (Fsp3) is 0.615. The molecule has 2 atom stereocenters. The fourth-order valence-electron chi connectivity index (χ4n) is 2.26. The van der Waals surface area contributed by atoms with Crippen LogP contribution in [0.5, 0.6) is 0 Å². The molecule has 0 N–H and O–H groups in total. The Hall–Kier alpha value is -0.330. The SMILES string of the molecule is CCCC1(C#N)C=CC=CC1CCC(S)S. The van der Waals surface area contributed by atoms with Gasteiger partial charge in [-0.3, -0.25) is 0 Å². The van der Waals surface area contributed by atoms with Gasteiger partial charge in [0.05, 0.1) is 11.5 Å². The number of nitriles is 1. The van der Waals surface area contributed by atoms with Gasteiger partial charge in [0.25, 0.3) is 0 Å². The lowest BCUT2D eigenvalue weighted by molar-refractivity contribution is 0.316. The molecule has 88 valence electrons. The molecule has 0 amide bonds. The van der Waals surface area contributed by atoms with Crippen LogP contribution in [0.1, 0.15) is 32.6 Å². The summed E-state index contributed by atoms with van der Waals surface area (Å²) < 4.78 is 0.109. The lowest BCUT2D eigenvalue weighted by Gasteiger charge is -2.32. The van der Waals surface area contributed by atoms with E-state index in [1.807, 2.05) is 12.2 Å². The maximum absolute atomic E-state index is 9.43. The summed E-state index contributed by atoms with van der Waals surface area (Å²) in [6, 6.07) is 2.50. The molecule has 0 spiro atoms. The summed E-state index contributed by atoms with van der Waals surface area (Å²) in [6.07, 6.45) is 12.1. The minimum atomic E-state index is -0.306. The minimum Gasteiger partial charge on any atom is -0.197 e. The highest BCUT2D eigenvalue weighted by Crippen LogP contribution is 2.40. The summed E-state index contributed by atoms with van der Waals surface area (Å²) in [5.74, 6) is 0.309. The van der Waals surface area contributed by atoms with E-state index < -0.39 is 0 Å². The van der Waals surface area contributed by atoms with Gasteiger partial charge < -0.3 is 0 Å². The number of allylic oxidation sites excluding steroid dienone is 4. The van der Waals surface area contributed by atoms with Crippen molar-refractivity contribution in [2.45, 2.75) is 37.2 Å². The first-order chi connectivity index (χ1) is 7.64. The van der Waals surface area contributed by atoms with E-state index in [9.17, 15) is 5.26 Å². The predicted molar refractivity (Wildman–Crippen MR) is 75.7 cm³/mol. The molecule has 1 rings (SSSR count). The van der Waals surface area contributed by atoms with Crippen molar-refractivity contribution in [2.24, 2.45) is 11.3 Å². The van der Waals surface area contributed by atoms with Crippen molar-refractivity contribution >= 4 is 25.3 Å². The van der Waals surface area contributed by atoms with Crippen LogP contribution in [0.15, 0.2) is 24.3 Å². The van der Waals surface area contributed by atoms with Gasteiger partial charge in [0.2, 0.25) is 0 Å². The lowest BCUT2D eigenvalue weighted by Crippen LogP contribution is -2.27. The third-order valence-electron chi connectivity index (χ3n) is 3.12. The van der Waals surface area contributed by atoms with Gasteiger partial charge in [-0.2, -0.15) is 30.5 Å². The number of thiol groups is 2. The Bertz CT molecular complexity index is 314. The summed E-state index contributed by atoms with van der Waals surface area (Å²) in [4.78, 5) is 0. The molecule has 0 saturated heterocycles. The smallest absolute Gasteiger partial charge is 0.0818 e. The van der Waals surface area contributed by atoms with E-state index in [0.29, 0.717) is 5.92 Å². The summed E-state index contributed by atoms with van der Waals surface area (Å²) in [5.41, 5.74) is -0.306. The average Bonchev–Trinajstić information content (AvgIpc) is 2.28. The third-order valence-corrected chi connectivity index (χ3v) is 3.63. The van der Waals surface area contributed by atoms with Gasteiger partial charge in [-0.1, -0.05) is 37.6 Å². The molecule has 0 saturated carbocycles. The van der Waals surface area contributed by atoms with Crippen LogP contribution in [-0.2, 0) is 0 Å². The average molecular weight is 253 g/mol. The van der Waals surface area contributed by atoms with Crippen LogP contribution < -0.4 is 0 Å². The highest BCUT2D eigenvalue weighted by Gasteiger charge is 2.35. The van der Waals surface area contributed by atoms with Crippen LogP contribution in [0, 0.1) is 22.7 Å². The van der Waals surface area contributed by atoms with Crippen LogP contribution in [0.25, 0.3) is 0 Å². The Morgan fingerprint density at radius 3 is 2.75 bits per heavy atom. The van der Waals surface area contributed by atoms with Crippen molar-refractivity contribution in [3.63, 3.8) is 0 Å². The highest BCUT2D eigenvalue weighted by atomic mass is 32.2. The van der Waals surface area contributed by atoms with Gasteiger partial charge in [-0.15, -0.1) is 0 Å². The molecule has 1 nitrogen and oxygen atoms in total. The molecule has 0 radical (unpaired) electrons. The lowest BCUT2D eigenvalue weighted by atomic mass is 9.69. The van der Waals surface area contributed by atoms with Crippen molar-refractivity contribution in [3.8, 4) is 6.07 Å². The van der Waals surface area contributed by atoms with E-state index in [2.05, 4.69) is 50.4 Å². The molecule has 0 aliphatic heterocycles. The molecular weight excluding hydrogens is 234 g/mol. The van der Waals surface area contributed by atoms with Crippen LogP contribution in [0.2, 0.25) is 0 Å². The van der Waals surface area contributed by atoms with E-state index in [-0.39, 0.29) is 10.00 Å². The quantitative estimate of drug-likeness (QED) is 0.561. The van der Waals surface area contributed by atoms with Gasteiger partial charge in [0, 0.05) is 4.58 Å². The molecular formula is C13H19NS2. The van der Waals surface area contributed by atoms with Gasteiger partial charge in [0.15, 0.2) is 0 Å². The van der Waals surface area contributed by atoms with E-state index >= 15 is 0 Å². The molecule has 0 aromatic heterocycles. The Morgan fingerprint density at radius 2 is 2.19 bits per heavy atom. The van der Waals surface area contributed by atoms with Crippen molar-refractivity contribution < 1.29 is 0 Å². The molecule has 0 heterocycles. The summed E-state index contributed by atoms with van der Waals surface area (Å²) in [7, 11) is 0. The maximum atomic E-state index is 9.43. The Balaban J connectivity index is 2.75. The Kier molecular flexibility index (Phi) is 5.51. The van der Waals surface area contributed by atoms with Crippen LogP contribution >= 0.6 is 25.3 Å². The molecule has 2 unspecified atom stereocenters. The van der Waals surface area contributed by atoms with Crippen molar-refractivity contribution in [2.75, 3.05) is 0 Å². The van der Waals surface area contributed by atoms with Crippen molar-refractivity contribution in [1.29, 1.82) is 5.26 Å². The zero-order chi connectivity index (χ0) is 12.0. The molecule has 3 heteroatoms. The first-order valence-electron chi connectivity index (χ1n) is 5.78. The summed E-state index contributed by atoms with van der Waals surface area (Å²) >= 11 is 8.55. The van der Waals surface area contributed by atoms with Crippen LogP contribution in [0.4, 0.5) is 0 Å². The molecule has 0 aromatic rings. The van der Waals surface area contributed by atoms with Crippen LogP contribution in [0.3, 0.4) is 0 Å². The monoisotopic (exact) mass is 253 g/mol. The molecule has 0 aromatic carbocycles. The second-order valence-electron chi connectivity index (χ2n) is 4.31. The molecule has 0 bridgehead atoms. The first-order valence-corrected chi connectivity index (χ1v) is 6.81. The normalized spacial score (nSPS) is 28.3. The number of hydrogen-bond donors (Lipinski definition) is 2. The predicted octanol–water partition coefficient (Wildman–Crippen LogP) is 4.00. The van der Waals surface area contributed by atoms with E-state index in [0.717, 1.165) is 25.7 Å². The van der Waals surface area contributed by atoms with E-state index in [1.165, 1.54) is 0 Å².